The number of anilines is 1. The van der Waals surface area contributed by atoms with Crippen molar-refractivity contribution in [2.45, 2.75) is 112 Å². The second kappa shape index (κ2) is 17.1. The Morgan fingerprint density at radius 1 is 0.980 bits per heavy atom. The quantitative estimate of drug-likeness (QED) is 0.207. The lowest BCUT2D eigenvalue weighted by Crippen LogP contribution is -2.63. The van der Waals surface area contributed by atoms with Crippen LogP contribution in [0, 0.1) is 25.7 Å². The van der Waals surface area contributed by atoms with E-state index in [1.54, 1.807) is 0 Å². The van der Waals surface area contributed by atoms with Crippen molar-refractivity contribution in [3.63, 3.8) is 0 Å². The second-order valence-electron chi connectivity index (χ2n) is 14.8. The molecule has 50 heavy (non-hydrogen) atoms. The Morgan fingerprint density at radius 2 is 1.68 bits per heavy atom. The van der Waals surface area contributed by atoms with E-state index in [9.17, 15) is 4.79 Å². The van der Waals surface area contributed by atoms with Crippen molar-refractivity contribution in [2.75, 3.05) is 37.6 Å². The van der Waals surface area contributed by atoms with Gasteiger partial charge in [-0.1, -0.05) is 81.2 Å². The van der Waals surface area contributed by atoms with Crippen molar-refractivity contribution in [1.29, 1.82) is 0 Å². The molecule has 3 aromatic rings. The molecule has 270 valence electrons. The van der Waals surface area contributed by atoms with E-state index in [0.717, 1.165) is 62.3 Å². The molecule has 2 fully saturated rings. The predicted molar refractivity (Wildman–Crippen MR) is 207 cm³/mol. The van der Waals surface area contributed by atoms with Gasteiger partial charge >= 0.3 is 6.09 Å². The largest absolute Gasteiger partial charge is 0.522 e. The number of benzene rings is 1. The zero-order valence-corrected chi connectivity index (χ0v) is 31.9. The van der Waals surface area contributed by atoms with Crippen LogP contribution in [0.1, 0.15) is 101 Å². The van der Waals surface area contributed by atoms with Gasteiger partial charge in [0.25, 0.3) is 0 Å². The summed E-state index contributed by atoms with van der Waals surface area (Å²) in [6.07, 6.45) is 12.0. The highest BCUT2D eigenvalue weighted by Crippen LogP contribution is 2.36. The van der Waals surface area contributed by atoms with Crippen LogP contribution in [0.25, 0.3) is 11.1 Å². The maximum absolute atomic E-state index is 13.9. The third-order valence-corrected chi connectivity index (χ3v) is 11.4. The van der Waals surface area contributed by atoms with E-state index in [4.69, 9.17) is 20.4 Å². The van der Waals surface area contributed by atoms with Gasteiger partial charge in [-0.2, -0.15) is 4.79 Å². The van der Waals surface area contributed by atoms with Gasteiger partial charge in [0.2, 0.25) is 5.88 Å². The highest BCUT2D eigenvalue weighted by molar-refractivity contribution is 5.72. The van der Waals surface area contributed by atoms with Crippen LogP contribution >= 0.6 is 0 Å². The van der Waals surface area contributed by atoms with E-state index >= 15 is 0 Å². The van der Waals surface area contributed by atoms with Gasteiger partial charge in [-0.15, -0.1) is 0 Å². The lowest BCUT2D eigenvalue weighted by molar-refractivity contribution is -0.855. The number of fused-ring (bicyclic) bond motifs is 1. The van der Waals surface area contributed by atoms with Gasteiger partial charge in [0, 0.05) is 23.5 Å². The standard InChI is InChI=1S/C41H56N5O2.C2H6/c1-6-33-32(24-29(4)25-36(33)42)26-38-30(5)16-19-40(44-38)48-41(47)46(7-2)22-20-45(21-23-46)39-27-35(31-17-14-28(3)15-18-31)34-12-10-8-9-11-13-37(34)43-39;1-2/h6,14-19,27,29,32,36H,7-13,20-26,42H2,1-5H3;1-2H3/q+1;/b33-6+;. The fourth-order valence-electron chi connectivity index (χ4n) is 8.38. The highest BCUT2D eigenvalue weighted by Gasteiger charge is 2.42. The first-order chi connectivity index (χ1) is 24.2. The van der Waals surface area contributed by atoms with Gasteiger partial charge in [0.1, 0.15) is 18.9 Å². The molecule has 2 aliphatic carbocycles. The summed E-state index contributed by atoms with van der Waals surface area (Å²) in [5, 5.41) is 0. The van der Waals surface area contributed by atoms with Crippen LogP contribution in [-0.4, -0.2) is 59.3 Å². The molecular weight excluding hydrogens is 619 g/mol. The predicted octanol–water partition coefficient (Wildman–Crippen LogP) is 9.16. The van der Waals surface area contributed by atoms with E-state index in [0.29, 0.717) is 37.4 Å². The smallest absolute Gasteiger partial charge is 0.362 e. The molecule has 1 saturated heterocycles. The average molecular weight is 681 g/mol. The number of aromatic nitrogens is 2. The number of hydrogen-bond acceptors (Lipinski definition) is 6. The summed E-state index contributed by atoms with van der Waals surface area (Å²) in [5.41, 5.74) is 16.5. The number of piperazine rings is 1. The summed E-state index contributed by atoms with van der Waals surface area (Å²) in [6.45, 7) is 18.2. The summed E-state index contributed by atoms with van der Waals surface area (Å²) in [4.78, 5) is 26.5. The number of nitrogens with zero attached hydrogens (tertiary/aromatic N) is 4. The topological polar surface area (TPSA) is 81.3 Å². The van der Waals surface area contributed by atoms with Crippen LogP contribution in [0.4, 0.5) is 10.6 Å². The summed E-state index contributed by atoms with van der Waals surface area (Å²) in [7, 11) is 0. The van der Waals surface area contributed by atoms with Crippen molar-refractivity contribution >= 4 is 11.9 Å². The van der Waals surface area contributed by atoms with Crippen LogP contribution in [0.2, 0.25) is 0 Å². The molecule has 6 rings (SSSR count). The van der Waals surface area contributed by atoms with Crippen LogP contribution < -0.4 is 15.4 Å². The molecular formula is C43H62N5O2+. The number of allylic oxidation sites excluding steroid dienone is 1. The maximum atomic E-state index is 13.9. The summed E-state index contributed by atoms with van der Waals surface area (Å²) in [6, 6.07) is 15.2. The summed E-state index contributed by atoms with van der Waals surface area (Å²) >= 11 is 0. The van der Waals surface area contributed by atoms with Gasteiger partial charge in [-0.3, -0.25) is 0 Å². The van der Waals surface area contributed by atoms with Crippen molar-refractivity contribution in [1.82, 2.24) is 9.97 Å². The average Bonchev–Trinajstić information content (AvgIpc) is 3.11. The minimum atomic E-state index is -0.214. The number of carbonyl (C=O) groups is 1. The third-order valence-electron chi connectivity index (χ3n) is 11.4. The molecule has 3 heterocycles. The molecule has 0 radical (unpaired) electrons. The number of ether oxygens (including phenoxy) is 1. The number of aryl methyl sites for hydroxylation is 3. The first-order valence-electron chi connectivity index (χ1n) is 19.5. The number of quaternary nitrogens is 1. The molecule has 0 spiro atoms. The fourth-order valence-corrected chi connectivity index (χ4v) is 8.38. The lowest BCUT2D eigenvalue weighted by Gasteiger charge is -2.41. The minimum absolute atomic E-state index is 0.109. The number of nitrogens with two attached hydrogens (primary N) is 1. The molecule has 1 saturated carbocycles. The molecule has 7 nitrogen and oxygen atoms in total. The second-order valence-corrected chi connectivity index (χ2v) is 14.8. The molecule has 7 heteroatoms. The molecule has 3 atom stereocenters. The molecule has 2 aromatic heterocycles. The van der Waals surface area contributed by atoms with Crippen LogP contribution in [-0.2, 0) is 19.3 Å². The number of carbonyl (C=O) groups excluding carboxylic acids is 1. The van der Waals surface area contributed by atoms with E-state index in [1.165, 1.54) is 59.2 Å². The molecule has 2 N–H and O–H groups in total. The van der Waals surface area contributed by atoms with Crippen LogP contribution in [0.15, 0.2) is 54.1 Å². The van der Waals surface area contributed by atoms with E-state index in [2.05, 4.69) is 75.9 Å². The highest BCUT2D eigenvalue weighted by atomic mass is 16.6. The molecule has 3 aliphatic rings. The number of likely N-dealkylation sites (N-methyl/N-ethyl adjacent to an activating group) is 1. The Hall–Kier alpha value is -3.55. The van der Waals surface area contributed by atoms with Crippen molar-refractivity contribution in [3.8, 4) is 17.0 Å². The van der Waals surface area contributed by atoms with Gasteiger partial charge < -0.3 is 15.4 Å². The van der Waals surface area contributed by atoms with E-state index < -0.39 is 0 Å². The first-order valence-corrected chi connectivity index (χ1v) is 19.5. The minimum Gasteiger partial charge on any atom is -0.362 e. The third kappa shape index (κ3) is 8.48. The molecule has 1 amide bonds. The van der Waals surface area contributed by atoms with Crippen LogP contribution in [0.5, 0.6) is 5.88 Å². The van der Waals surface area contributed by atoms with E-state index in [1.807, 2.05) is 26.0 Å². The zero-order chi connectivity index (χ0) is 35.8. The first kappa shape index (κ1) is 37.7. The Labute approximate surface area is 301 Å². The molecule has 1 aliphatic heterocycles. The normalized spacial score (nSPS) is 22.8. The molecule has 1 aromatic carbocycles. The Kier molecular flexibility index (Phi) is 12.9. The number of rotatable bonds is 6. The Morgan fingerprint density at radius 3 is 2.36 bits per heavy atom. The summed E-state index contributed by atoms with van der Waals surface area (Å²) in [5.74, 6) is 2.39. The van der Waals surface area contributed by atoms with Crippen molar-refractivity contribution in [3.05, 3.63) is 82.2 Å². The van der Waals surface area contributed by atoms with Gasteiger partial charge in [-0.25, -0.2) is 14.5 Å². The maximum Gasteiger partial charge on any atom is 0.522 e. The number of hydrogen-bond donors (Lipinski definition) is 1. The van der Waals surface area contributed by atoms with Gasteiger partial charge in [-0.05, 0) is 113 Å². The SMILES string of the molecule is C/C=C1/C(N)CC(C)CC1Cc1nc(OC(=O)[N+]2(CC)CCN(c3cc(-c4ccc(C)cc4)c4c(n3)CCCCCC4)CC2)ccc1C.CC. The molecule has 3 unspecified atom stereocenters. The van der Waals surface area contributed by atoms with Crippen molar-refractivity contribution in [2.24, 2.45) is 17.6 Å². The van der Waals surface area contributed by atoms with Gasteiger partial charge in [0.05, 0.1) is 19.6 Å². The van der Waals surface area contributed by atoms with E-state index in [-0.39, 0.29) is 16.6 Å². The van der Waals surface area contributed by atoms with Gasteiger partial charge in [0.15, 0.2) is 0 Å². The lowest BCUT2D eigenvalue weighted by atomic mass is 9.73. The number of pyridine rings is 2. The Bertz CT molecular complexity index is 1620. The molecule has 0 bridgehead atoms. The zero-order valence-electron chi connectivity index (χ0n) is 31.9. The monoisotopic (exact) mass is 680 g/mol. The fraction of sp³-hybridized carbons (Fsp3) is 0.558. The Balaban J connectivity index is 0.00000239. The van der Waals surface area contributed by atoms with Crippen LogP contribution in [0.3, 0.4) is 0 Å². The number of amides is 1. The van der Waals surface area contributed by atoms with Crippen molar-refractivity contribution < 1.29 is 14.0 Å². The summed E-state index contributed by atoms with van der Waals surface area (Å²) < 4.78 is 6.39.